The molecule has 0 amide bonds. The molecule has 4 aromatic carbocycles. The van der Waals surface area contributed by atoms with Gasteiger partial charge >= 0.3 is 0 Å². The van der Waals surface area contributed by atoms with Crippen molar-refractivity contribution >= 4 is 0 Å². The second-order valence-electron chi connectivity index (χ2n) is 7.40. The lowest BCUT2D eigenvalue weighted by Gasteiger charge is -2.20. The molecule has 144 valence electrons. The monoisotopic (exact) mass is 378 g/mol. The minimum Gasteiger partial charge on any atom is -0.366 e. The Kier molecular flexibility index (Phi) is 5.88. The minimum atomic E-state index is 0.0311. The molecule has 0 heterocycles. The lowest BCUT2D eigenvalue weighted by Crippen LogP contribution is -2.05. The van der Waals surface area contributed by atoms with Crippen molar-refractivity contribution < 1.29 is 4.74 Å². The first kappa shape index (κ1) is 19.2. The van der Waals surface area contributed by atoms with E-state index in [1.807, 2.05) is 12.1 Å². The summed E-state index contributed by atoms with van der Waals surface area (Å²) >= 11 is 0. The van der Waals surface area contributed by atoms with Crippen LogP contribution in [-0.2, 0) is 4.74 Å². The highest BCUT2D eigenvalue weighted by molar-refractivity contribution is 5.64. The van der Waals surface area contributed by atoms with Crippen LogP contribution in [0.1, 0.15) is 37.2 Å². The summed E-state index contributed by atoms with van der Waals surface area (Å²) in [5.74, 6) is 0. The summed E-state index contributed by atoms with van der Waals surface area (Å²) in [7, 11) is 0. The summed E-state index contributed by atoms with van der Waals surface area (Å²) in [6.07, 6.45) is 0.0623. The Labute approximate surface area is 173 Å². The fraction of sp³-hybridized carbons (Fsp3) is 0.143. The molecule has 2 unspecified atom stereocenters. The SMILES string of the molecule is CC(OC(C)c1ccc(-c2ccccc2)cc1)c1ccc(-c2ccccc2)cc1. The smallest absolute Gasteiger partial charge is 0.0805 e. The van der Waals surface area contributed by atoms with E-state index in [2.05, 4.69) is 111 Å². The second-order valence-corrected chi connectivity index (χ2v) is 7.40. The predicted octanol–water partition coefficient (Wildman–Crippen LogP) is 7.86. The van der Waals surface area contributed by atoms with Crippen molar-refractivity contribution in [2.45, 2.75) is 26.1 Å². The molecule has 0 aromatic heterocycles. The second kappa shape index (κ2) is 8.89. The van der Waals surface area contributed by atoms with E-state index in [4.69, 9.17) is 4.74 Å². The third-order valence-corrected chi connectivity index (χ3v) is 5.38. The molecule has 1 nitrogen and oxygen atoms in total. The summed E-state index contributed by atoms with van der Waals surface area (Å²) in [5, 5.41) is 0. The Bertz CT molecular complexity index is 932. The van der Waals surface area contributed by atoms with Crippen molar-refractivity contribution in [1.82, 2.24) is 0 Å². The van der Waals surface area contributed by atoms with E-state index in [-0.39, 0.29) is 12.2 Å². The molecule has 0 saturated heterocycles. The number of hydrogen-bond donors (Lipinski definition) is 0. The van der Waals surface area contributed by atoms with Gasteiger partial charge in [-0.15, -0.1) is 0 Å². The van der Waals surface area contributed by atoms with Gasteiger partial charge in [0.25, 0.3) is 0 Å². The normalized spacial score (nSPS) is 13.0. The average Bonchev–Trinajstić information content (AvgIpc) is 2.80. The molecule has 1 heteroatoms. The van der Waals surface area contributed by atoms with Crippen molar-refractivity contribution in [1.29, 1.82) is 0 Å². The van der Waals surface area contributed by atoms with Crippen molar-refractivity contribution in [2.75, 3.05) is 0 Å². The number of ether oxygens (including phenoxy) is 1. The van der Waals surface area contributed by atoms with E-state index in [9.17, 15) is 0 Å². The van der Waals surface area contributed by atoms with E-state index in [0.29, 0.717) is 0 Å². The molecule has 0 spiro atoms. The van der Waals surface area contributed by atoms with Gasteiger partial charge < -0.3 is 4.74 Å². The standard InChI is InChI=1S/C28H26O/c1-21(23-13-17-27(18-14-23)25-9-5-3-6-10-25)29-22(2)24-15-19-28(20-16-24)26-11-7-4-8-12-26/h3-22H,1-2H3. The van der Waals surface area contributed by atoms with E-state index in [1.165, 1.54) is 33.4 Å². The zero-order chi connectivity index (χ0) is 20.1. The van der Waals surface area contributed by atoms with Crippen LogP contribution in [0.5, 0.6) is 0 Å². The molecule has 4 aromatic rings. The molecule has 0 aliphatic rings. The van der Waals surface area contributed by atoms with E-state index in [1.54, 1.807) is 0 Å². The van der Waals surface area contributed by atoms with Gasteiger partial charge in [-0.25, -0.2) is 0 Å². The molecule has 0 bridgehead atoms. The predicted molar refractivity (Wildman–Crippen MR) is 122 cm³/mol. The molecule has 2 atom stereocenters. The first-order valence-electron chi connectivity index (χ1n) is 10.2. The van der Waals surface area contributed by atoms with Crippen LogP contribution in [0.3, 0.4) is 0 Å². The van der Waals surface area contributed by atoms with Gasteiger partial charge in [0.15, 0.2) is 0 Å². The van der Waals surface area contributed by atoms with Crippen LogP contribution >= 0.6 is 0 Å². The van der Waals surface area contributed by atoms with Crippen LogP contribution < -0.4 is 0 Å². The summed E-state index contributed by atoms with van der Waals surface area (Å²) in [6, 6.07) is 38.2. The van der Waals surface area contributed by atoms with Crippen LogP contribution in [-0.4, -0.2) is 0 Å². The summed E-state index contributed by atoms with van der Waals surface area (Å²) < 4.78 is 6.31. The molecule has 0 fully saturated rings. The zero-order valence-corrected chi connectivity index (χ0v) is 17.0. The maximum atomic E-state index is 6.31. The Morgan fingerprint density at radius 1 is 0.414 bits per heavy atom. The van der Waals surface area contributed by atoms with Crippen LogP contribution in [0, 0.1) is 0 Å². The highest BCUT2D eigenvalue weighted by Gasteiger charge is 2.13. The average molecular weight is 379 g/mol. The fourth-order valence-electron chi connectivity index (χ4n) is 3.62. The maximum Gasteiger partial charge on any atom is 0.0805 e. The van der Waals surface area contributed by atoms with Crippen molar-refractivity contribution in [3.63, 3.8) is 0 Å². The van der Waals surface area contributed by atoms with Gasteiger partial charge in [-0.05, 0) is 47.2 Å². The third-order valence-electron chi connectivity index (χ3n) is 5.38. The Morgan fingerprint density at radius 2 is 0.724 bits per heavy atom. The highest BCUT2D eigenvalue weighted by atomic mass is 16.5. The number of benzene rings is 4. The van der Waals surface area contributed by atoms with E-state index >= 15 is 0 Å². The summed E-state index contributed by atoms with van der Waals surface area (Å²) in [4.78, 5) is 0. The first-order chi connectivity index (χ1) is 14.2. The molecule has 0 N–H and O–H groups in total. The van der Waals surface area contributed by atoms with Gasteiger partial charge in [0.1, 0.15) is 0 Å². The lowest BCUT2D eigenvalue weighted by atomic mass is 10.0. The topological polar surface area (TPSA) is 9.23 Å². The van der Waals surface area contributed by atoms with Gasteiger partial charge in [-0.3, -0.25) is 0 Å². The molecule has 0 radical (unpaired) electrons. The zero-order valence-electron chi connectivity index (χ0n) is 17.0. The van der Waals surface area contributed by atoms with Crippen LogP contribution in [0.2, 0.25) is 0 Å². The Balaban J connectivity index is 1.42. The molecule has 4 rings (SSSR count). The van der Waals surface area contributed by atoms with Gasteiger partial charge in [-0.2, -0.15) is 0 Å². The van der Waals surface area contributed by atoms with Crippen molar-refractivity contribution in [2.24, 2.45) is 0 Å². The summed E-state index contributed by atoms with van der Waals surface area (Å²) in [6.45, 7) is 4.23. The van der Waals surface area contributed by atoms with Crippen LogP contribution in [0.15, 0.2) is 109 Å². The van der Waals surface area contributed by atoms with Crippen LogP contribution in [0.4, 0.5) is 0 Å². The third kappa shape index (κ3) is 4.64. The Morgan fingerprint density at radius 3 is 1.07 bits per heavy atom. The first-order valence-corrected chi connectivity index (χ1v) is 10.2. The fourth-order valence-corrected chi connectivity index (χ4v) is 3.62. The van der Waals surface area contributed by atoms with Gasteiger partial charge in [0, 0.05) is 0 Å². The molecule has 29 heavy (non-hydrogen) atoms. The van der Waals surface area contributed by atoms with Crippen LogP contribution in [0.25, 0.3) is 22.3 Å². The van der Waals surface area contributed by atoms with E-state index in [0.717, 1.165) is 0 Å². The number of rotatable bonds is 6. The molecular weight excluding hydrogens is 352 g/mol. The molecule has 0 aliphatic heterocycles. The number of hydrogen-bond acceptors (Lipinski definition) is 1. The molecule has 0 aliphatic carbocycles. The summed E-state index contributed by atoms with van der Waals surface area (Å²) in [5.41, 5.74) is 7.31. The van der Waals surface area contributed by atoms with Gasteiger partial charge in [0.2, 0.25) is 0 Å². The largest absolute Gasteiger partial charge is 0.366 e. The maximum absolute atomic E-state index is 6.31. The quantitative estimate of drug-likeness (QED) is 0.332. The lowest BCUT2D eigenvalue weighted by molar-refractivity contribution is 0.00588. The van der Waals surface area contributed by atoms with Crippen molar-refractivity contribution in [3.8, 4) is 22.3 Å². The van der Waals surface area contributed by atoms with Gasteiger partial charge in [-0.1, -0.05) is 109 Å². The molecular formula is C28H26O. The highest BCUT2D eigenvalue weighted by Crippen LogP contribution is 2.29. The van der Waals surface area contributed by atoms with Gasteiger partial charge in [0.05, 0.1) is 12.2 Å². The minimum absolute atomic E-state index is 0.0311. The van der Waals surface area contributed by atoms with E-state index < -0.39 is 0 Å². The Hall–Kier alpha value is -3.16. The van der Waals surface area contributed by atoms with Crippen molar-refractivity contribution in [3.05, 3.63) is 120 Å². The molecule has 0 saturated carbocycles.